The minimum atomic E-state index is -0.231. The lowest BCUT2D eigenvalue weighted by Crippen LogP contribution is -2.11. The SMILES string of the molecule is N#Cc1cccc(C(=O)Nc2cccc(Br)c2)c1. The van der Waals surface area contributed by atoms with Crippen LogP contribution in [0.1, 0.15) is 15.9 Å². The summed E-state index contributed by atoms with van der Waals surface area (Å²) in [5, 5.41) is 11.6. The van der Waals surface area contributed by atoms with Gasteiger partial charge in [0.2, 0.25) is 0 Å². The maximum atomic E-state index is 12.0. The molecule has 0 atom stereocenters. The molecule has 0 fully saturated rings. The third kappa shape index (κ3) is 2.96. The number of halogens is 1. The van der Waals surface area contributed by atoms with Crippen LogP contribution < -0.4 is 5.32 Å². The van der Waals surface area contributed by atoms with Crippen LogP contribution in [0.4, 0.5) is 5.69 Å². The molecule has 0 aliphatic heterocycles. The molecule has 1 N–H and O–H groups in total. The number of nitrogens with zero attached hydrogens (tertiary/aromatic N) is 1. The van der Waals surface area contributed by atoms with Crippen molar-refractivity contribution in [1.29, 1.82) is 5.26 Å². The lowest BCUT2D eigenvalue weighted by Gasteiger charge is -2.05. The average molecular weight is 301 g/mol. The molecule has 1 amide bonds. The second kappa shape index (κ2) is 5.48. The van der Waals surface area contributed by atoms with E-state index in [2.05, 4.69) is 21.2 Å². The molecule has 4 heteroatoms. The molecule has 0 saturated heterocycles. The summed E-state index contributed by atoms with van der Waals surface area (Å²) in [4.78, 5) is 12.0. The number of nitriles is 1. The summed E-state index contributed by atoms with van der Waals surface area (Å²) in [6.45, 7) is 0. The number of amides is 1. The van der Waals surface area contributed by atoms with Crippen molar-refractivity contribution in [3.05, 3.63) is 64.1 Å². The van der Waals surface area contributed by atoms with Crippen molar-refractivity contribution in [2.24, 2.45) is 0 Å². The van der Waals surface area contributed by atoms with Gasteiger partial charge in [-0.25, -0.2) is 0 Å². The van der Waals surface area contributed by atoms with Gasteiger partial charge in [0, 0.05) is 15.7 Å². The molecule has 88 valence electrons. The summed E-state index contributed by atoms with van der Waals surface area (Å²) in [5.74, 6) is -0.231. The molecule has 0 aliphatic rings. The van der Waals surface area contributed by atoms with Gasteiger partial charge in [0.1, 0.15) is 0 Å². The van der Waals surface area contributed by atoms with Gasteiger partial charge in [0.25, 0.3) is 5.91 Å². The Morgan fingerprint density at radius 1 is 1.17 bits per heavy atom. The van der Waals surface area contributed by atoms with Gasteiger partial charge in [0.15, 0.2) is 0 Å². The first-order chi connectivity index (χ1) is 8.69. The first-order valence-corrected chi connectivity index (χ1v) is 6.05. The number of hydrogen-bond donors (Lipinski definition) is 1. The Morgan fingerprint density at radius 3 is 2.67 bits per heavy atom. The Kier molecular flexibility index (Phi) is 3.75. The van der Waals surface area contributed by atoms with E-state index >= 15 is 0 Å². The third-order valence-corrected chi connectivity index (χ3v) is 2.83. The number of benzene rings is 2. The van der Waals surface area contributed by atoms with E-state index in [0.717, 1.165) is 4.47 Å². The van der Waals surface area contributed by atoms with E-state index in [1.165, 1.54) is 0 Å². The molecule has 0 spiro atoms. The van der Waals surface area contributed by atoms with Gasteiger partial charge in [0.05, 0.1) is 11.6 Å². The Hall–Kier alpha value is -2.12. The van der Waals surface area contributed by atoms with Crippen molar-refractivity contribution >= 4 is 27.5 Å². The maximum absolute atomic E-state index is 12.0. The monoisotopic (exact) mass is 300 g/mol. The number of carbonyl (C=O) groups excluding carboxylic acids is 1. The summed E-state index contributed by atoms with van der Waals surface area (Å²) in [6, 6.07) is 15.9. The minimum absolute atomic E-state index is 0.231. The predicted molar refractivity (Wildman–Crippen MR) is 73.3 cm³/mol. The summed E-state index contributed by atoms with van der Waals surface area (Å²) in [5.41, 5.74) is 1.64. The third-order valence-electron chi connectivity index (χ3n) is 2.34. The largest absolute Gasteiger partial charge is 0.322 e. The molecule has 0 radical (unpaired) electrons. The molecule has 0 heterocycles. The molecule has 3 nitrogen and oxygen atoms in total. The number of carbonyl (C=O) groups is 1. The molecule has 2 aromatic carbocycles. The number of nitrogens with one attached hydrogen (secondary N) is 1. The highest BCUT2D eigenvalue weighted by Crippen LogP contribution is 2.16. The fourth-order valence-corrected chi connectivity index (χ4v) is 1.90. The van der Waals surface area contributed by atoms with Crippen molar-refractivity contribution in [1.82, 2.24) is 0 Å². The van der Waals surface area contributed by atoms with Gasteiger partial charge in [-0.1, -0.05) is 28.1 Å². The molecule has 0 aromatic heterocycles. The normalized spacial score (nSPS) is 9.56. The summed E-state index contributed by atoms with van der Waals surface area (Å²) < 4.78 is 0.895. The molecule has 18 heavy (non-hydrogen) atoms. The van der Waals surface area contributed by atoms with Gasteiger partial charge < -0.3 is 5.32 Å². The maximum Gasteiger partial charge on any atom is 0.255 e. The Bertz CT molecular complexity index is 632. The van der Waals surface area contributed by atoms with E-state index in [4.69, 9.17) is 5.26 Å². The van der Waals surface area contributed by atoms with Crippen LogP contribution in [0.25, 0.3) is 0 Å². The fraction of sp³-hybridized carbons (Fsp3) is 0. The van der Waals surface area contributed by atoms with Crippen LogP contribution in [-0.2, 0) is 0 Å². The fourth-order valence-electron chi connectivity index (χ4n) is 1.50. The molecule has 0 saturated carbocycles. The molecule has 2 rings (SSSR count). The summed E-state index contributed by atoms with van der Waals surface area (Å²) in [6.07, 6.45) is 0. The van der Waals surface area contributed by atoms with Crippen LogP contribution in [0.2, 0.25) is 0 Å². The van der Waals surface area contributed by atoms with Crippen LogP contribution >= 0.6 is 15.9 Å². The number of hydrogen-bond acceptors (Lipinski definition) is 2. The first-order valence-electron chi connectivity index (χ1n) is 5.26. The highest BCUT2D eigenvalue weighted by molar-refractivity contribution is 9.10. The molecule has 0 bridgehead atoms. The average Bonchev–Trinajstić information content (AvgIpc) is 2.39. The topological polar surface area (TPSA) is 52.9 Å². The molecular formula is C14H9BrN2O. The van der Waals surface area contributed by atoms with E-state index in [1.54, 1.807) is 30.3 Å². The number of anilines is 1. The quantitative estimate of drug-likeness (QED) is 0.922. The predicted octanol–water partition coefficient (Wildman–Crippen LogP) is 3.57. The zero-order chi connectivity index (χ0) is 13.0. The van der Waals surface area contributed by atoms with E-state index in [9.17, 15) is 4.79 Å². The van der Waals surface area contributed by atoms with Crippen molar-refractivity contribution in [3.63, 3.8) is 0 Å². The van der Waals surface area contributed by atoms with Gasteiger partial charge in [-0.2, -0.15) is 5.26 Å². The Labute approximate surface area is 113 Å². The number of rotatable bonds is 2. The van der Waals surface area contributed by atoms with E-state index in [-0.39, 0.29) is 5.91 Å². The van der Waals surface area contributed by atoms with E-state index in [1.807, 2.05) is 24.3 Å². The second-order valence-electron chi connectivity index (χ2n) is 3.66. The van der Waals surface area contributed by atoms with Crippen molar-refractivity contribution in [2.75, 3.05) is 5.32 Å². The van der Waals surface area contributed by atoms with Crippen LogP contribution in [-0.4, -0.2) is 5.91 Å². The zero-order valence-electron chi connectivity index (χ0n) is 9.35. The lowest BCUT2D eigenvalue weighted by atomic mass is 10.1. The Balaban J connectivity index is 2.20. The Morgan fingerprint density at radius 2 is 1.94 bits per heavy atom. The lowest BCUT2D eigenvalue weighted by molar-refractivity contribution is 0.102. The van der Waals surface area contributed by atoms with Crippen LogP contribution in [0.5, 0.6) is 0 Å². The van der Waals surface area contributed by atoms with Gasteiger partial charge in [-0.05, 0) is 36.4 Å². The smallest absolute Gasteiger partial charge is 0.255 e. The second-order valence-corrected chi connectivity index (χ2v) is 4.57. The van der Waals surface area contributed by atoms with Gasteiger partial charge in [-0.15, -0.1) is 0 Å². The summed E-state index contributed by atoms with van der Waals surface area (Å²) >= 11 is 3.34. The van der Waals surface area contributed by atoms with E-state index < -0.39 is 0 Å². The molecular weight excluding hydrogens is 292 g/mol. The van der Waals surface area contributed by atoms with Crippen LogP contribution in [0.3, 0.4) is 0 Å². The minimum Gasteiger partial charge on any atom is -0.322 e. The van der Waals surface area contributed by atoms with Gasteiger partial charge in [-0.3, -0.25) is 4.79 Å². The van der Waals surface area contributed by atoms with Crippen molar-refractivity contribution in [2.45, 2.75) is 0 Å². The molecule has 0 unspecified atom stereocenters. The van der Waals surface area contributed by atoms with Crippen molar-refractivity contribution in [3.8, 4) is 6.07 Å². The standard InChI is InChI=1S/C14H9BrN2O/c15-12-5-2-6-13(8-12)17-14(18)11-4-1-3-10(7-11)9-16/h1-8H,(H,17,18). The molecule has 0 aliphatic carbocycles. The summed E-state index contributed by atoms with van der Waals surface area (Å²) in [7, 11) is 0. The van der Waals surface area contributed by atoms with Gasteiger partial charge >= 0.3 is 0 Å². The highest BCUT2D eigenvalue weighted by Gasteiger charge is 2.06. The van der Waals surface area contributed by atoms with Crippen LogP contribution in [0.15, 0.2) is 53.0 Å². The van der Waals surface area contributed by atoms with Crippen molar-refractivity contribution < 1.29 is 4.79 Å². The highest BCUT2D eigenvalue weighted by atomic mass is 79.9. The molecule has 2 aromatic rings. The van der Waals surface area contributed by atoms with E-state index in [0.29, 0.717) is 16.8 Å². The zero-order valence-corrected chi connectivity index (χ0v) is 10.9. The van der Waals surface area contributed by atoms with Crippen LogP contribution in [0, 0.1) is 11.3 Å². The first kappa shape index (κ1) is 12.3.